The molecule has 0 saturated heterocycles. The number of carboxylic acids is 1. The van der Waals surface area contributed by atoms with Crippen molar-refractivity contribution >= 4 is 23.3 Å². The second kappa shape index (κ2) is 4.12. The zero-order valence-corrected chi connectivity index (χ0v) is 8.65. The van der Waals surface area contributed by atoms with Crippen LogP contribution < -0.4 is 0 Å². The summed E-state index contributed by atoms with van der Waals surface area (Å²) >= 11 is 5.54. The maximum atomic E-state index is 10.9. The number of carbonyl (C=O) groups is 1. The summed E-state index contributed by atoms with van der Waals surface area (Å²) in [7, 11) is 0. The maximum absolute atomic E-state index is 10.9. The van der Waals surface area contributed by atoms with Crippen molar-refractivity contribution in [1.82, 2.24) is 4.98 Å². The topological polar surface area (TPSA) is 117 Å². The smallest absolute Gasteiger partial charge is 0.344 e. The van der Waals surface area contributed by atoms with E-state index in [1.54, 1.807) is 0 Å². The minimum absolute atomic E-state index is 0.147. The van der Waals surface area contributed by atoms with Gasteiger partial charge in [0.2, 0.25) is 0 Å². The van der Waals surface area contributed by atoms with E-state index < -0.39 is 27.7 Å². The van der Waals surface area contributed by atoms with Gasteiger partial charge in [-0.25, -0.2) is 9.78 Å². The molecule has 16 heavy (non-hydrogen) atoms. The zero-order valence-electron chi connectivity index (χ0n) is 7.89. The van der Waals surface area contributed by atoms with Crippen LogP contribution in [0.1, 0.15) is 21.6 Å². The van der Waals surface area contributed by atoms with Gasteiger partial charge in [0.05, 0.1) is 4.92 Å². The van der Waals surface area contributed by atoms with Crippen LogP contribution in [0.25, 0.3) is 0 Å². The molecule has 0 radical (unpaired) electrons. The Balaban J connectivity index is 3.81. The van der Waals surface area contributed by atoms with Crippen LogP contribution in [0.15, 0.2) is 0 Å². The molecule has 7 nitrogen and oxygen atoms in total. The van der Waals surface area contributed by atoms with E-state index in [1.807, 2.05) is 0 Å². The average Bonchev–Trinajstić information content (AvgIpc) is 2.15. The molecule has 0 amide bonds. The van der Waals surface area contributed by atoms with Gasteiger partial charge >= 0.3 is 11.7 Å². The van der Waals surface area contributed by atoms with E-state index >= 15 is 0 Å². The van der Waals surface area contributed by atoms with Gasteiger partial charge in [0.25, 0.3) is 0 Å². The summed E-state index contributed by atoms with van der Waals surface area (Å²) in [5, 5.41) is 27.8. The largest absolute Gasteiger partial charge is 0.477 e. The summed E-state index contributed by atoms with van der Waals surface area (Å²) in [4.78, 5) is 24.2. The Bertz CT molecular complexity index is 535. The fourth-order valence-electron chi connectivity index (χ4n) is 1.19. The van der Waals surface area contributed by atoms with E-state index in [1.165, 1.54) is 13.0 Å². The number of aromatic carboxylic acids is 1. The van der Waals surface area contributed by atoms with Gasteiger partial charge < -0.3 is 5.11 Å². The Kier molecular flexibility index (Phi) is 3.06. The van der Waals surface area contributed by atoms with Gasteiger partial charge in [0.1, 0.15) is 22.5 Å². The molecule has 1 aromatic rings. The fourth-order valence-corrected chi connectivity index (χ4v) is 1.46. The highest BCUT2D eigenvalue weighted by molar-refractivity contribution is 6.31. The molecule has 0 spiro atoms. The molecule has 0 aromatic carbocycles. The molecule has 0 fully saturated rings. The van der Waals surface area contributed by atoms with Crippen molar-refractivity contribution in [1.29, 1.82) is 5.26 Å². The first-order valence-corrected chi connectivity index (χ1v) is 4.25. The first-order valence-electron chi connectivity index (χ1n) is 3.88. The van der Waals surface area contributed by atoms with Crippen LogP contribution in [0.4, 0.5) is 5.69 Å². The third-order valence-electron chi connectivity index (χ3n) is 1.81. The second-order valence-corrected chi connectivity index (χ2v) is 3.12. The van der Waals surface area contributed by atoms with Crippen LogP contribution in [0.2, 0.25) is 5.15 Å². The van der Waals surface area contributed by atoms with E-state index in [4.69, 9.17) is 22.0 Å². The van der Waals surface area contributed by atoms with Crippen molar-refractivity contribution < 1.29 is 14.8 Å². The summed E-state index contributed by atoms with van der Waals surface area (Å²) in [6.45, 7) is 1.25. The molecule has 82 valence electrons. The third kappa shape index (κ3) is 1.78. The zero-order chi connectivity index (χ0) is 12.5. The number of aryl methyl sites for hydroxylation is 1. The summed E-state index contributed by atoms with van der Waals surface area (Å²) in [6, 6.07) is 1.49. The van der Waals surface area contributed by atoms with E-state index in [-0.39, 0.29) is 10.8 Å². The predicted octanol–water partition coefficient (Wildman–Crippen LogP) is 1.52. The lowest BCUT2D eigenvalue weighted by Gasteiger charge is -2.04. The third-order valence-corrected chi connectivity index (χ3v) is 2.08. The van der Waals surface area contributed by atoms with Gasteiger partial charge in [-0.15, -0.1) is 0 Å². The number of hydrogen-bond donors (Lipinski definition) is 1. The van der Waals surface area contributed by atoms with Crippen molar-refractivity contribution in [3.05, 3.63) is 32.1 Å². The van der Waals surface area contributed by atoms with Crippen LogP contribution >= 0.6 is 11.6 Å². The second-order valence-electron chi connectivity index (χ2n) is 2.76. The number of pyridine rings is 1. The molecule has 0 atom stereocenters. The maximum Gasteiger partial charge on any atom is 0.344 e. The number of nitriles is 1. The molecular weight excluding hydrogens is 238 g/mol. The van der Waals surface area contributed by atoms with Crippen molar-refractivity contribution in [2.75, 3.05) is 0 Å². The summed E-state index contributed by atoms with van der Waals surface area (Å²) < 4.78 is 0. The van der Waals surface area contributed by atoms with Crippen molar-refractivity contribution in [3.63, 3.8) is 0 Å². The summed E-state index contributed by atoms with van der Waals surface area (Å²) in [5.74, 6) is -1.59. The minimum atomic E-state index is -1.59. The lowest BCUT2D eigenvalue weighted by molar-refractivity contribution is -0.386. The Morgan fingerprint density at radius 3 is 2.62 bits per heavy atom. The van der Waals surface area contributed by atoms with Crippen molar-refractivity contribution in [3.8, 4) is 6.07 Å². The lowest BCUT2D eigenvalue weighted by atomic mass is 10.1. The first-order chi connectivity index (χ1) is 7.40. The monoisotopic (exact) mass is 241 g/mol. The van der Waals surface area contributed by atoms with Crippen molar-refractivity contribution in [2.45, 2.75) is 6.92 Å². The molecular formula is C8H4ClN3O4. The van der Waals surface area contributed by atoms with E-state index in [0.29, 0.717) is 0 Å². The molecule has 1 heterocycles. The Labute approximate surface area is 94.1 Å². The highest BCUT2D eigenvalue weighted by Gasteiger charge is 2.30. The number of nitro groups is 1. The number of halogens is 1. The molecule has 1 rings (SSSR count). The van der Waals surface area contributed by atoms with Gasteiger partial charge in [-0.2, -0.15) is 5.26 Å². The number of aromatic nitrogens is 1. The summed E-state index contributed by atoms with van der Waals surface area (Å²) in [6.07, 6.45) is 0. The quantitative estimate of drug-likeness (QED) is 0.476. The Morgan fingerprint density at radius 1 is 1.69 bits per heavy atom. The van der Waals surface area contributed by atoms with E-state index in [0.717, 1.165) is 0 Å². The van der Waals surface area contributed by atoms with Gasteiger partial charge in [-0.05, 0) is 6.92 Å². The van der Waals surface area contributed by atoms with Crippen LogP contribution in [0.5, 0.6) is 0 Å². The van der Waals surface area contributed by atoms with Gasteiger partial charge in [-0.3, -0.25) is 10.1 Å². The highest BCUT2D eigenvalue weighted by Crippen LogP contribution is 2.29. The van der Waals surface area contributed by atoms with Crippen LogP contribution in [-0.4, -0.2) is 21.0 Å². The number of hydrogen-bond acceptors (Lipinski definition) is 5. The molecule has 0 saturated carbocycles. The Hall–Kier alpha value is -2.20. The SMILES string of the molecule is Cc1nc(Cl)c(C#N)c(C(=O)O)c1[N+](=O)[O-]. The number of carboxylic acid groups (broad SMARTS) is 1. The predicted molar refractivity (Wildman–Crippen MR) is 52.3 cm³/mol. The lowest BCUT2D eigenvalue weighted by Crippen LogP contribution is -2.09. The first kappa shape index (κ1) is 11.9. The molecule has 8 heteroatoms. The van der Waals surface area contributed by atoms with E-state index in [9.17, 15) is 14.9 Å². The van der Waals surface area contributed by atoms with Crippen LogP contribution in [-0.2, 0) is 0 Å². The molecule has 1 N–H and O–H groups in total. The Morgan fingerprint density at radius 2 is 2.25 bits per heavy atom. The average molecular weight is 242 g/mol. The van der Waals surface area contributed by atoms with Gasteiger partial charge in [0, 0.05) is 0 Å². The highest BCUT2D eigenvalue weighted by atomic mass is 35.5. The van der Waals surface area contributed by atoms with Gasteiger partial charge in [0.15, 0.2) is 5.56 Å². The molecule has 0 bridgehead atoms. The van der Waals surface area contributed by atoms with Gasteiger partial charge in [-0.1, -0.05) is 11.6 Å². The molecule has 0 aliphatic rings. The number of nitrogens with zero attached hydrogens (tertiary/aromatic N) is 3. The molecule has 0 aliphatic carbocycles. The van der Waals surface area contributed by atoms with E-state index in [2.05, 4.69) is 4.98 Å². The standard InChI is InChI=1S/C8H4ClN3O4/c1-3-6(12(15)16)5(8(13)14)4(2-10)7(9)11-3/h1H3,(H,13,14). The van der Waals surface area contributed by atoms with Crippen molar-refractivity contribution in [2.24, 2.45) is 0 Å². The molecule has 0 unspecified atom stereocenters. The van der Waals surface area contributed by atoms with Crippen LogP contribution in [0.3, 0.4) is 0 Å². The summed E-state index contributed by atoms with van der Waals surface area (Å²) in [5.41, 5.74) is -2.10. The number of rotatable bonds is 2. The molecule has 0 aliphatic heterocycles. The van der Waals surface area contributed by atoms with Crippen LogP contribution in [0, 0.1) is 28.4 Å². The molecule has 1 aromatic heterocycles. The normalized spacial score (nSPS) is 9.56. The minimum Gasteiger partial charge on any atom is -0.477 e. The fraction of sp³-hybridized carbons (Fsp3) is 0.125.